The average Bonchev–Trinajstić information content (AvgIpc) is 2.88. The van der Waals surface area contributed by atoms with Crippen molar-refractivity contribution < 1.29 is 19.1 Å². The first-order valence-electron chi connectivity index (χ1n) is 11.2. The number of fused-ring (bicyclic) bond motifs is 1. The molecule has 3 amide bonds. The Kier molecular flexibility index (Phi) is 8.25. The number of anilines is 2. The fourth-order valence-corrected chi connectivity index (χ4v) is 3.87. The maximum absolute atomic E-state index is 12.3. The number of nitrogens with one attached hydrogen (secondary N) is 3. The summed E-state index contributed by atoms with van der Waals surface area (Å²) >= 11 is 3.29. The molecule has 0 radical (unpaired) electrons. The molecule has 0 bridgehead atoms. The van der Waals surface area contributed by atoms with Gasteiger partial charge in [0.2, 0.25) is 5.91 Å². The molecule has 0 aliphatic rings. The summed E-state index contributed by atoms with van der Waals surface area (Å²) in [5.74, 6) is -0.483. The fourth-order valence-electron chi connectivity index (χ4n) is 3.51. The van der Waals surface area contributed by atoms with Gasteiger partial charge in [-0.05, 0) is 51.1 Å². The van der Waals surface area contributed by atoms with Crippen LogP contribution in [0.4, 0.5) is 16.2 Å². The smallest absolute Gasteiger partial charge is 0.411 e. The molecule has 8 nitrogen and oxygen atoms in total. The molecule has 4 aromatic rings. The number of benzene rings is 3. The van der Waals surface area contributed by atoms with Crippen molar-refractivity contribution in [2.75, 3.05) is 23.8 Å². The summed E-state index contributed by atoms with van der Waals surface area (Å²) in [6.07, 6.45) is 2.66. The van der Waals surface area contributed by atoms with Crippen molar-refractivity contribution in [2.45, 2.75) is 6.42 Å². The van der Waals surface area contributed by atoms with Crippen molar-refractivity contribution in [1.29, 1.82) is 0 Å². The Hall–Kier alpha value is -4.24. The molecule has 3 N–H and O–H groups in total. The van der Waals surface area contributed by atoms with Gasteiger partial charge in [-0.1, -0.05) is 48.5 Å². The number of rotatable bonds is 8. The molecule has 0 aliphatic heterocycles. The van der Waals surface area contributed by atoms with Crippen molar-refractivity contribution in [1.82, 2.24) is 10.3 Å². The number of carbonyl (C=O) groups is 3. The largest absolute Gasteiger partial charge is 0.447 e. The number of carbonyl (C=O) groups excluding carboxylic acids is 3. The first-order chi connectivity index (χ1) is 17.5. The van der Waals surface area contributed by atoms with Gasteiger partial charge in [0, 0.05) is 27.9 Å². The van der Waals surface area contributed by atoms with E-state index in [4.69, 9.17) is 4.74 Å². The lowest BCUT2D eigenvalue weighted by Crippen LogP contribution is -2.30. The predicted octanol–water partition coefficient (Wildman–Crippen LogP) is 5.16. The molecule has 36 heavy (non-hydrogen) atoms. The van der Waals surface area contributed by atoms with E-state index in [1.807, 2.05) is 36.4 Å². The second kappa shape index (κ2) is 11.9. The van der Waals surface area contributed by atoms with Gasteiger partial charge in [0.05, 0.1) is 24.2 Å². The monoisotopic (exact) mass is 546 g/mol. The number of nitrogens with zero attached hydrogens (tertiary/aromatic N) is 1. The molecule has 1 heterocycles. The van der Waals surface area contributed by atoms with E-state index < -0.39 is 6.09 Å². The second-order valence-corrected chi connectivity index (χ2v) is 8.77. The van der Waals surface area contributed by atoms with Crippen molar-refractivity contribution in [3.8, 4) is 0 Å². The van der Waals surface area contributed by atoms with E-state index in [-0.39, 0.29) is 31.4 Å². The summed E-state index contributed by atoms with van der Waals surface area (Å²) in [7, 11) is 0. The molecular formula is C27H23BrN4O4. The van der Waals surface area contributed by atoms with Gasteiger partial charge in [0.25, 0.3) is 5.91 Å². The van der Waals surface area contributed by atoms with Crippen LogP contribution in [0.25, 0.3) is 10.8 Å². The molecule has 0 aliphatic carbocycles. The van der Waals surface area contributed by atoms with Crippen molar-refractivity contribution >= 4 is 56.0 Å². The highest BCUT2D eigenvalue weighted by molar-refractivity contribution is 9.10. The molecule has 4 rings (SSSR count). The molecule has 3 aromatic carbocycles. The highest BCUT2D eigenvalue weighted by Crippen LogP contribution is 2.23. The van der Waals surface area contributed by atoms with Crippen molar-refractivity contribution in [3.05, 3.63) is 101 Å². The van der Waals surface area contributed by atoms with Gasteiger partial charge in [-0.15, -0.1) is 0 Å². The molecule has 9 heteroatoms. The van der Waals surface area contributed by atoms with E-state index in [0.29, 0.717) is 21.4 Å². The molecular weight excluding hydrogens is 524 g/mol. The van der Waals surface area contributed by atoms with Gasteiger partial charge in [0.1, 0.15) is 6.61 Å². The Bertz CT molecular complexity index is 1390. The Morgan fingerprint density at radius 2 is 1.67 bits per heavy atom. The lowest BCUT2D eigenvalue weighted by atomic mass is 10.1. The van der Waals surface area contributed by atoms with Gasteiger partial charge >= 0.3 is 6.09 Å². The van der Waals surface area contributed by atoms with Crippen LogP contribution in [0.1, 0.15) is 15.9 Å². The minimum Gasteiger partial charge on any atom is -0.447 e. The predicted molar refractivity (Wildman–Crippen MR) is 142 cm³/mol. The van der Waals surface area contributed by atoms with E-state index in [1.165, 1.54) is 6.20 Å². The number of hydrogen-bond acceptors (Lipinski definition) is 5. The van der Waals surface area contributed by atoms with Crippen LogP contribution in [0.5, 0.6) is 0 Å². The van der Waals surface area contributed by atoms with Crippen LogP contribution in [0.3, 0.4) is 0 Å². The lowest BCUT2D eigenvalue weighted by molar-refractivity contribution is -0.120. The zero-order chi connectivity index (χ0) is 25.3. The molecule has 182 valence electrons. The van der Waals surface area contributed by atoms with Gasteiger partial charge in [0.15, 0.2) is 0 Å². The summed E-state index contributed by atoms with van der Waals surface area (Å²) in [6, 6.07) is 22.0. The third-order valence-electron chi connectivity index (χ3n) is 5.23. The number of pyridine rings is 1. The minimum atomic E-state index is -0.586. The van der Waals surface area contributed by atoms with Gasteiger partial charge in [-0.3, -0.25) is 19.9 Å². The normalized spacial score (nSPS) is 10.5. The Morgan fingerprint density at radius 3 is 2.47 bits per heavy atom. The summed E-state index contributed by atoms with van der Waals surface area (Å²) < 4.78 is 5.89. The number of aromatic nitrogens is 1. The van der Waals surface area contributed by atoms with E-state index in [0.717, 1.165) is 16.3 Å². The second-order valence-electron chi connectivity index (χ2n) is 7.86. The SMILES string of the molecule is O=C(Cc1ccc(NC(=O)c2cncc(Br)c2)cc1)NCCOC(=O)Nc1cccc2ccccc12. The molecule has 0 spiro atoms. The van der Waals surface area contributed by atoms with Crippen LogP contribution < -0.4 is 16.0 Å². The number of ether oxygens (including phenoxy) is 1. The van der Waals surface area contributed by atoms with E-state index in [1.54, 1.807) is 42.6 Å². The maximum Gasteiger partial charge on any atom is 0.411 e. The zero-order valence-electron chi connectivity index (χ0n) is 19.2. The molecule has 0 saturated carbocycles. The topological polar surface area (TPSA) is 109 Å². The first kappa shape index (κ1) is 24.9. The number of hydrogen-bond donors (Lipinski definition) is 3. The van der Waals surface area contributed by atoms with E-state index in [2.05, 4.69) is 36.9 Å². The third kappa shape index (κ3) is 6.89. The Balaban J connectivity index is 1.18. The summed E-state index contributed by atoms with van der Waals surface area (Å²) in [5.41, 5.74) is 2.48. The molecule has 0 atom stereocenters. The number of halogens is 1. The molecule has 0 fully saturated rings. The molecule has 0 unspecified atom stereocenters. The van der Waals surface area contributed by atoms with Crippen molar-refractivity contribution in [2.24, 2.45) is 0 Å². The minimum absolute atomic E-state index is 0.0395. The average molecular weight is 547 g/mol. The quantitative estimate of drug-likeness (QED) is 0.264. The van der Waals surface area contributed by atoms with E-state index >= 15 is 0 Å². The zero-order valence-corrected chi connectivity index (χ0v) is 20.7. The highest BCUT2D eigenvalue weighted by atomic mass is 79.9. The summed E-state index contributed by atoms with van der Waals surface area (Å²) in [4.78, 5) is 40.6. The Labute approximate surface area is 216 Å². The highest BCUT2D eigenvalue weighted by Gasteiger charge is 2.09. The first-order valence-corrected chi connectivity index (χ1v) is 12.0. The summed E-state index contributed by atoms with van der Waals surface area (Å²) in [6.45, 7) is 0.231. The Morgan fingerprint density at radius 1 is 0.889 bits per heavy atom. The van der Waals surface area contributed by atoms with Gasteiger partial charge < -0.3 is 15.4 Å². The van der Waals surface area contributed by atoms with Crippen LogP contribution in [0, 0.1) is 0 Å². The molecule has 1 aromatic heterocycles. The van der Waals surface area contributed by atoms with Crippen LogP contribution in [-0.2, 0) is 16.0 Å². The fraction of sp³-hybridized carbons (Fsp3) is 0.111. The molecule has 0 saturated heterocycles. The van der Waals surface area contributed by atoms with Crippen LogP contribution in [-0.4, -0.2) is 36.0 Å². The van der Waals surface area contributed by atoms with Crippen LogP contribution >= 0.6 is 15.9 Å². The van der Waals surface area contributed by atoms with Gasteiger partial charge in [-0.25, -0.2) is 4.79 Å². The van der Waals surface area contributed by atoms with E-state index in [9.17, 15) is 14.4 Å². The maximum atomic E-state index is 12.3. The summed E-state index contributed by atoms with van der Waals surface area (Å²) in [5, 5.41) is 10.2. The van der Waals surface area contributed by atoms with Crippen molar-refractivity contribution in [3.63, 3.8) is 0 Å². The van der Waals surface area contributed by atoms with Gasteiger partial charge in [-0.2, -0.15) is 0 Å². The van der Waals surface area contributed by atoms with Crippen LogP contribution in [0.2, 0.25) is 0 Å². The number of amides is 3. The lowest BCUT2D eigenvalue weighted by Gasteiger charge is -2.10. The van der Waals surface area contributed by atoms with Crippen LogP contribution in [0.15, 0.2) is 89.7 Å². The third-order valence-corrected chi connectivity index (χ3v) is 5.66. The standard InChI is InChI=1S/C27H23BrN4O4/c28-21-15-20(16-29-17-21)26(34)31-22-10-8-18(9-11-22)14-25(33)30-12-13-36-27(35)32-24-7-3-5-19-4-1-2-6-23(19)24/h1-11,15-17H,12-14H2,(H,30,33)(H,31,34)(H,32,35).